The maximum atomic E-state index is 12.2. The van der Waals surface area contributed by atoms with Crippen LogP contribution in [0.5, 0.6) is 0 Å². The second-order valence-corrected chi connectivity index (χ2v) is 6.25. The Morgan fingerprint density at radius 2 is 2.32 bits per heavy atom. The maximum Gasteiger partial charge on any atom is 0.222 e. The van der Waals surface area contributed by atoms with E-state index in [1.807, 2.05) is 11.0 Å². The Balaban J connectivity index is 1.77. The third kappa shape index (κ3) is 4.16. The largest absolute Gasteiger partial charge is 0.339 e. The third-order valence-electron chi connectivity index (χ3n) is 3.61. The summed E-state index contributed by atoms with van der Waals surface area (Å²) in [6.45, 7) is 2.44. The van der Waals surface area contributed by atoms with Crippen molar-refractivity contribution in [3.05, 3.63) is 22.4 Å². The number of aryl methyl sites for hydroxylation is 1. The van der Waals surface area contributed by atoms with Crippen molar-refractivity contribution >= 4 is 23.0 Å². The van der Waals surface area contributed by atoms with E-state index in [1.54, 1.807) is 18.3 Å². The molecule has 19 heavy (non-hydrogen) atoms. The molecule has 0 aliphatic carbocycles. The molecule has 104 valence electrons. The lowest BCUT2D eigenvalue weighted by Crippen LogP contribution is -2.36. The first-order valence-corrected chi connectivity index (χ1v) is 7.86. The maximum absolute atomic E-state index is 12.2. The van der Waals surface area contributed by atoms with E-state index in [2.05, 4.69) is 11.4 Å². The molecule has 1 amide bonds. The zero-order valence-electron chi connectivity index (χ0n) is 11.4. The molecule has 0 aromatic carbocycles. The molecule has 1 unspecified atom stereocenters. The fourth-order valence-electron chi connectivity index (χ4n) is 2.72. The van der Waals surface area contributed by atoms with Gasteiger partial charge in [0.25, 0.3) is 0 Å². The highest BCUT2D eigenvalue weighted by atomic mass is 32.1. The highest BCUT2D eigenvalue weighted by Gasteiger charge is 2.28. The minimum atomic E-state index is 0.159. The van der Waals surface area contributed by atoms with Gasteiger partial charge in [-0.3, -0.25) is 9.59 Å². The summed E-state index contributed by atoms with van der Waals surface area (Å²) < 4.78 is 0. The molecular formula is C15H21NO2S. The third-order valence-corrected chi connectivity index (χ3v) is 4.55. The number of rotatable bonds is 6. The lowest BCUT2D eigenvalue weighted by molar-refractivity contribution is -0.132. The minimum absolute atomic E-state index is 0.159. The standard InChI is InChI=1S/C15H21NO2S/c1-12(17)11-13-5-3-9-16(13)15(18)8-2-6-14-7-4-10-19-14/h4,7,10,13H,2-3,5-6,8-9,11H2,1H3. The first-order valence-electron chi connectivity index (χ1n) is 6.98. The van der Waals surface area contributed by atoms with Gasteiger partial charge in [0, 0.05) is 30.3 Å². The molecule has 0 spiro atoms. The van der Waals surface area contributed by atoms with Crippen LogP contribution in [0.25, 0.3) is 0 Å². The second-order valence-electron chi connectivity index (χ2n) is 5.22. The van der Waals surface area contributed by atoms with Gasteiger partial charge >= 0.3 is 0 Å². The fraction of sp³-hybridized carbons (Fsp3) is 0.600. The van der Waals surface area contributed by atoms with Gasteiger partial charge in [0.15, 0.2) is 0 Å². The highest BCUT2D eigenvalue weighted by molar-refractivity contribution is 7.09. The summed E-state index contributed by atoms with van der Waals surface area (Å²) in [6, 6.07) is 4.32. The van der Waals surface area contributed by atoms with Crippen LogP contribution in [-0.2, 0) is 16.0 Å². The second kappa shape index (κ2) is 6.85. The van der Waals surface area contributed by atoms with Crippen LogP contribution < -0.4 is 0 Å². The molecule has 1 aliphatic rings. The van der Waals surface area contributed by atoms with E-state index >= 15 is 0 Å². The summed E-state index contributed by atoms with van der Waals surface area (Å²) in [5.74, 6) is 0.406. The summed E-state index contributed by atoms with van der Waals surface area (Å²) in [7, 11) is 0. The Morgan fingerprint density at radius 3 is 3.00 bits per heavy atom. The smallest absolute Gasteiger partial charge is 0.222 e. The highest BCUT2D eigenvalue weighted by Crippen LogP contribution is 2.22. The van der Waals surface area contributed by atoms with E-state index in [0.29, 0.717) is 12.8 Å². The van der Waals surface area contributed by atoms with Gasteiger partial charge in [0.05, 0.1) is 0 Å². The number of hydrogen-bond donors (Lipinski definition) is 0. The summed E-state index contributed by atoms with van der Waals surface area (Å²) >= 11 is 1.75. The van der Waals surface area contributed by atoms with Crippen molar-refractivity contribution < 1.29 is 9.59 Å². The van der Waals surface area contributed by atoms with Crippen LogP contribution in [0.4, 0.5) is 0 Å². The number of ketones is 1. The van der Waals surface area contributed by atoms with Crippen LogP contribution in [0.2, 0.25) is 0 Å². The first-order chi connectivity index (χ1) is 9.16. The van der Waals surface area contributed by atoms with Gasteiger partial charge in [-0.1, -0.05) is 6.07 Å². The fourth-order valence-corrected chi connectivity index (χ4v) is 3.47. The molecule has 3 nitrogen and oxygen atoms in total. The molecule has 1 aromatic heterocycles. The zero-order valence-corrected chi connectivity index (χ0v) is 12.2. The first kappa shape index (κ1) is 14.3. The average molecular weight is 279 g/mol. The van der Waals surface area contributed by atoms with E-state index in [9.17, 15) is 9.59 Å². The molecule has 1 atom stereocenters. The molecule has 0 saturated carbocycles. The molecule has 1 aliphatic heterocycles. The number of hydrogen-bond acceptors (Lipinski definition) is 3. The molecule has 2 heterocycles. The van der Waals surface area contributed by atoms with Gasteiger partial charge in [0.2, 0.25) is 5.91 Å². The van der Waals surface area contributed by atoms with Crippen molar-refractivity contribution in [1.29, 1.82) is 0 Å². The van der Waals surface area contributed by atoms with E-state index in [-0.39, 0.29) is 17.7 Å². The number of carbonyl (C=O) groups is 2. The van der Waals surface area contributed by atoms with Crippen molar-refractivity contribution in [1.82, 2.24) is 4.90 Å². The Bertz CT molecular complexity index is 427. The lowest BCUT2D eigenvalue weighted by Gasteiger charge is -2.24. The molecule has 2 rings (SSSR count). The van der Waals surface area contributed by atoms with E-state index in [4.69, 9.17) is 0 Å². The van der Waals surface area contributed by atoms with Crippen LogP contribution in [0.1, 0.15) is 43.9 Å². The Hall–Kier alpha value is -1.16. The topological polar surface area (TPSA) is 37.4 Å². The number of carbonyl (C=O) groups excluding carboxylic acids is 2. The Labute approximate surface area is 118 Å². The van der Waals surface area contributed by atoms with E-state index in [1.165, 1.54) is 4.88 Å². The van der Waals surface area contributed by atoms with Gasteiger partial charge in [-0.05, 0) is 44.1 Å². The van der Waals surface area contributed by atoms with Crippen molar-refractivity contribution in [3.8, 4) is 0 Å². The monoisotopic (exact) mass is 279 g/mol. The molecule has 0 N–H and O–H groups in total. The van der Waals surface area contributed by atoms with E-state index in [0.717, 1.165) is 32.2 Å². The Kier molecular flexibility index (Phi) is 5.14. The van der Waals surface area contributed by atoms with Crippen LogP contribution in [-0.4, -0.2) is 29.2 Å². The number of amides is 1. The predicted octanol–water partition coefficient (Wildman–Crippen LogP) is 3.04. The molecule has 0 radical (unpaired) electrons. The molecule has 1 fully saturated rings. The van der Waals surface area contributed by atoms with Crippen molar-refractivity contribution in [2.45, 2.75) is 51.5 Å². The summed E-state index contributed by atoms with van der Waals surface area (Å²) in [5.41, 5.74) is 0. The number of thiophene rings is 1. The number of likely N-dealkylation sites (tertiary alicyclic amines) is 1. The molecule has 0 bridgehead atoms. The van der Waals surface area contributed by atoms with Crippen molar-refractivity contribution in [3.63, 3.8) is 0 Å². The predicted molar refractivity (Wildman–Crippen MR) is 77.3 cm³/mol. The van der Waals surface area contributed by atoms with Gasteiger partial charge < -0.3 is 4.90 Å². The van der Waals surface area contributed by atoms with Crippen LogP contribution in [0.3, 0.4) is 0 Å². The molecule has 1 aromatic rings. The number of Topliss-reactive ketones (excluding diaryl/α,β-unsaturated/α-hetero) is 1. The zero-order chi connectivity index (χ0) is 13.7. The van der Waals surface area contributed by atoms with Gasteiger partial charge in [-0.15, -0.1) is 11.3 Å². The SMILES string of the molecule is CC(=O)CC1CCCN1C(=O)CCCc1cccs1. The average Bonchev–Trinajstić information content (AvgIpc) is 2.99. The summed E-state index contributed by atoms with van der Waals surface area (Å²) in [6.07, 6.45) is 5.03. The normalized spacial score (nSPS) is 18.8. The molecular weight excluding hydrogens is 258 g/mol. The van der Waals surface area contributed by atoms with E-state index < -0.39 is 0 Å². The Morgan fingerprint density at radius 1 is 1.47 bits per heavy atom. The summed E-state index contributed by atoms with van der Waals surface area (Å²) in [5, 5.41) is 2.07. The summed E-state index contributed by atoms with van der Waals surface area (Å²) in [4.78, 5) is 26.7. The quantitative estimate of drug-likeness (QED) is 0.802. The van der Waals surface area contributed by atoms with Gasteiger partial charge in [-0.2, -0.15) is 0 Å². The van der Waals surface area contributed by atoms with Gasteiger partial charge in [-0.25, -0.2) is 0 Å². The number of nitrogens with zero attached hydrogens (tertiary/aromatic N) is 1. The van der Waals surface area contributed by atoms with Crippen molar-refractivity contribution in [2.24, 2.45) is 0 Å². The van der Waals surface area contributed by atoms with Gasteiger partial charge in [0.1, 0.15) is 5.78 Å². The minimum Gasteiger partial charge on any atom is -0.339 e. The molecule has 1 saturated heterocycles. The lowest BCUT2D eigenvalue weighted by atomic mass is 10.1. The van der Waals surface area contributed by atoms with Crippen LogP contribution in [0, 0.1) is 0 Å². The van der Waals surface area contributed by atoms with Crippen molar-refractivity contribution in [2.75, 3.05) is 6.54 Å². The van der Waals surface area contributed by atoms with Crippen LogP contribution in [0.15, 0.2) is 17.5 Å². The molecule has 4 heteroatoms. The van der Waals surface area contributed by atoms with Crippen LogP contribution >= 0.6 is 11.3 Å².